The number of hydrogen-bond donors (Lipinski definition) is 0. The predicted octanol–water partition coefficient (Wildman–Crippen LogP) is 6.09. The first kappa shape index (κ1) is 17.4. The Morgan fingerprint density at radius 1 is 1.23 bits per heavy atom. The number of esters is 1. The van der Waals surface area contributed by atoms with Gasteiger partial charge in [-0.25, -0.2) is 4.79 Å². The Morgan fingerprint density at radius 3 is 2.59 bits per heavy atom. The van der Waals surface area contributed by atoms with Crippen LogP contribution >= 0.6 is 50.9 Å². The van der Waals surface area contributed by atoms with Gasteiger partial charge in [-0.15, -0.1) is 0 Å². The molecule has 0 aromatic heterocycles. The van der Waals surface area contributed by atoms with E-state index in [1.165, 1.54) is 18.9 Å². The van der Waals surface area contributed by atoms with E-state index in [0.717, 1.165) is 14.3 Å². The van der Waals surface area contributed by atoms with Crippen LogP contribution in [0.15, 0.2) is 57.2 Å². The second kappa shape index (κ2) is 7.55. The molecule has 2 aromatic rings. The fourth-order valence-electron chi connectivity index (χ4n) is 1.73. The van der Waals surface area contributed by atoms with Crippen LogP contribution in [0.5, 0.6) is 0 Å². The van der Waals surface area contributed by atoms with E-state index in [1.807, 2.05) is 30.3 Å². The molecule has 0 fully saturated rings. The van der Waals surface area contributed by atoms with Crippen LogP contribution in [-0.2, 0) is 9.53 Å². The van der Waals surface area contributed by atoms with E-state index in [9.17, 15) is 4.79 Å². The lowest BCUT2D eigenvalue weighted by Crippen LogP contribution is -2.03. The molecule has 0 aliphatic heterocycles. The Labute approximate surface area is 151 Å². The monoisotopic (exact) mass is 416 g/mol. The molecule has 2 rings (SSSR count). The molecule has 114 valence electrons. The van der Waals surface area contributed by atoms with Gasteiger partial charge in [0.15, 0.2) is 0 Å². The van der Waals surface area contributed by atoms with Crippen LogP contribution < -0.4 is 0 Å². The minimum atomic E-state index is -0.537. The Balaban J connectivity index is 2.35. The number of hydrogen-bond acceptors (Lipinski definition) is 3. The molecule has 0 saturated carbocycles. The summed E-state index contributed by atoms with van der Waals surface area (Å²) in [4.78, 5) is 13.4. The maximum atomic E-state index is 11.6. The summed E-state index contributed by atoms with van der Waals surface area (Å²) >= 11 is 17.5. The summed E-state index contributed by atoms with van der Waals surface area (Å²) in [6, 6.07) is 11.4. The number of benzene rings is 2. The van der Waals surface area contributed by atoms with E-state index in [1.54, 1.807) is 6.07 Å². The molecule has 0 heterocycles. The summed E-state index contributed by atoms with van der Waals surface area (Å²) in [7, 11) is 1.29. The molecule has 0 radical (unpaired) electrons. The minimum Gasteiger partial charge on any atom is -0.465 e. The van der Waals surface area contributed by atoms with Gasteiger partial charge in [0.05, 0.1) is 22.7 Å². The first-order valence-electron chi connectivity index (χ1n) is 6.13. The highest BCUT2D eigenvalue weighted by Crippen LogP contribution is 2.40. The molecule has 0 spiro atoms. The Bertz CT molecular complexity index is 747. The van der Waals surface area contributed by atoms with E-state index in [-0.39, 0.29) is 10.6 Å². The minimum absolute atomic E-state index is 0.174. The van der Waals surface area contributed by atoms with Gasteiger partial charge in [0.1, 0.15) is 0 Å². The van der Waals surface area contributed by atoms with E-state index in [0.29, 0.717) is 10.6 Å². The summed E-state index contributed by atoms with van der Waals surface area (Å²) in [6.07, 6.45) is 0. The molecule has 0 bridgehead atoms. The predicted molar refractivity (Wildman–Crippen MR) is 95.8 cm³/mol. The first-order chi connectivity index (χ1) is 10.4. The number of carbonyl (C=O) groups is 1. The quantitative estimate of drug-likeness (QED) is 0.444. The second-order valence-electron chi connectivity index (χ2n) is 4.27. The molecule has 0 aliphatic carbocycles. The zero-order valence-electron chi connectivity index (χ0n) is 11.5. The summed E-state index contributed by atoms with van der Waals surface area (Å²) in [5.74, 6) is -0.537. The van der Waals surface area contributed by atoms with Crippen LogP contribution in [0.4, 0.5) is 0 Å². The maximum Gasteiger partial charge on any atom is 0.337 e. The van der Waals surface area contributed by atoms with Gasteiger partial charge in [-0.1, -0.05) is 69.6 Å². The first-order valence-corrected chi connectivity index (χ1v) is 8.49. The van der Waals surface area contributed by atoms with E-state index in [2.05, 4.69) is 27.2 Å². The third-order valence-corrected chi connectivity index (χ3v) is 5.36. The van der Waals surface area contributed by atoms with Gasteiger partial charge in [-0.3, -0.25) is 0 Å². The lowest BCUT2D eigenvalue weighted by atomic mass is 10.1. The van der Waals surface area contributed by atoms with Crippen LogP contribution in [0.3, 0.4) is 0 Å². The summed E-state index contributed by atoms with van der Waals surface area (Å²) in [6.45, 7) is 3.69. The van der Waals surface area contributed by atoms with Gasteiger partial charge < -0.3 is 4.74 Å². The molecular formula is C16H11BrCl2O2S. The molecule has 22 heavy (non-hydrogen) atoms. The molecule has 0 saturated heterocycles. The van der Waals surface area contributed by atoms with Crippen molar-refractivity contribution in [3.05, 3.63) is 63.1 Å². The molecule has 2 aromatic carbocycles. The number of methoxy groups -OCH3 is 1. The lowest BCUT2D eigenvalue weighted by molar-refractivity contribution is -0.133. The van der Waals surface area contributed by atoms with Gasteiger partial charge in [0.2, 0.25) is 0 Å². The number of halogens is 3. The largest absolute Gasteiger partial charge is 0.465 e. The Hall–Kier alpha value is -0.940. The van der Waals surface area contributed by atoms with E-state index >= 15 is 0 Å². The zero-order valence-corrected chi connectivity index (χ0v) is 15.4. The van der Waals surface area contributed by atoms with Crippen molar-refractivity contribution in [2.75, 3.05) is 7.11 Å². The lowest BCUT2D eigenvalue weighted by Gasteiger charge is -2.11. The molecule has 0 amide bonds. The van der Waals surface area contributed by atoms with Gasteiger partial charge in [-0.05, 0) is 24.3 Å². The van der Waals surface area contributed by atoms with E-state index < -0.39 is 5.97 Å². The van der Waals surface area contributed by atoms with Crippen LogP contribution in [-0.4, -0.2) is 13.1 Å². The second-order valence-corrected chi connectivity index (χ2v) is 7.06. The molecule has 0 N–H and O–H groups in total. The van der Waals surface area contributed by atoms with Crippen molar-refractivity contribution < 1.29 is 9.53 Å². The van der Waals surface area contributed by atoms with Crippen molar-refractivity contribution in [3.8, 4) is 0 Å². The Morgan fingerprint density at radius 2 is 1.95 bits per heavy atom. The van der Waals surface area contributed by atoms with Gasteiger partial charge in [0, 0.05) is 19.8 Å². The van der Waals surface area contributed by atoms with Crippen molar-refractivity contribution in [1.82, 2.24) is 0 Å². The van der Waals surface area contributed by atoms with Crippen LogP contribution in [0.1, 0.15) is 5.56 Å². The zero-order chi connectivity index (χ0) is 16.3. The Kier molecular flexibility index (Phi) is 5.98. The molecule has 2 nitrogen and oxygen atoms in total. The fraction of sp³-hybridized carbons (Fsp3) is 0.0625. The van der Waals surface area contributed by atoms with Crippen molar-refractivity contribution >= 4 is 62.4 Å². The van der Waals surface area contributed by atoms with E-state index in [4.69, 9.17) is 23.2 Å². The molecular weight excluding hydrogens is 407 g/mol. The SMILES string of the molecule is C=C(C(=O)OC)c1ccc(Sc2cccc(Br)c2)c(Cl)c1Cl. The highest BCUT2D eigenvalue weighted by Gasteiger charge is 2.17. The smallest absolute Gasteiger partial charge is 0.337 e. The fourth-order valence-corrected chi connectivity index (χ4v) is 3.81. The van der Waals surface area contributed by atoms with Crippen LogP contribution in [0.2, 0.25) is 10.0 Å². The standard InChI is InChI=1S/C16H11BrCl2O2S/c1-9(16(20)21-2)12-6-7-13(15(19)14(12)18)22-11-5-3-4-10(17)8-11/h3-8H,1H2,2H3. The van der Waals surface area contributed by atoms with Crippen molar-refractivity contribution in [2.45, 2.75) is 9.79 Å². The molecule has 6 heteroatoms. The topological polar surface area (TPSA) is 26.3 Å². The third-order valence-electron chi connectivity index (χ3n) is 2.83. The van der Waals surface area contributed by atoms with Crippen molar-refractivity contribution in [3.63, 3.8) is 0 Å². The van der Waals surface area contributed by atoms with Crippen LogP contribution in [0.25, 0.3) is 5.57 Å². The summed E-state index contributed by atoms with van der Waals surface area (Å²) in [5, 5.41) is 0.672. The maximum absolute atomic E-state index is 11.6. The number of carbonyl (C=O) groups excluding carboxylic acids is 1. The molecule has 0 atom stereocenters. The summed E-state index contributed by atoms with van der Waals surface area (Å²) in [5.41, 5.74) is 0.644. The third kappa shape index (κ3) is 3.87. The van der Waals surface area contributed by atoms with Crippen LogP contribution in [0, 0.1) is 0 Å². The van der Waals surface area contributed by atoms with Crippen molar-refractivity contribution in [1.29, 1.82) is 0 Å². The van der Waals surface area contributed by atoms with Gasteiger partial charge >= 0.3 is 5.97 Å². The molecule has 0 aliphatic rings. The average Bonchev–Trinajstić information content (AvgIpc) is 2.50. The summed E-state index contributed by atoms with van der Waals surface area (Å²) < 4.78 is 5.63. The number of ether oxygens (including phenoxy) is 1. The number of rotatable bonds is 4. The van der Waals surface area contributed by atoms with Gasteiger partial charge in [0.25, 0.3) is 0 Å². The highest BCUT2D eigenvalue weighted by molar-refractivity contribution is 9.10. The molecule has 0 unspecified atom stereocenters. The highest BCUT2D eigenvalue weighted by atomic mass is 79.9. The average molecular weight is 418 g/mol. The van der Waals surface area contributed by atoms with Crippen molar-refractivity contribution in [2.24, 2.45) is 0 Å². The normalized spacial score (nSPS) is 10.4. The van der Waals surface area contributed by atoms with Gasteiger partial charge in [-0.2, -0.15) is 0 Å².